The first-order valence-corrected chi connectivity index (χ1v) is 5.73. The molecular weight excluding hydrogens is 288 g/mol. The van der Waals surface area contributed by atoms with Crippen molar-refractivity contribution in [2.24, 2.45) is 5.84 Å². The number of nitrogens with one attached hydrogen (secondary N) is 17. The maximum absolute atomic E-state index is 4.90. The highest BCUT2D eigenvalue weighted by atomic mass is 16.0. The molecule has 0 bridgehead atoms. The van der Waals surface area contributed by atoms with Gasteiger partial charge in [0.1, 0.15) is 0 Å². The van der Waals surface area contributed by atoms with Gasteiger partial charge in [0, 0.05) is 6.04 Å². The molecule has 19 N–H and O–H groups in total. The Morgan fingerprint density at radius 3 is 1.05 bits per heavy atom. The summed E-state index contributed by atoms with van der Waals surface area (Å²) in [5.74, 6) is 4.90. The lowest BCUT2D eigenvalue weighted by Crippen LogP contribution is -2.69. The van der Waals surface area contributed by atoms with Gasteiger partial charge in [-0.05, 0) is 13.8 Å². The maximum Gasteiger partial charge on any atom is 0.0170 e. The third-order valence-corrected chi connectivity index (χ3v) is 1.31. The molecular formula is C3H26N18. The first-order valence-electron chi connectivity index (χ1n) is 5.73. The largest absolute Gasteiger partial charge is 0.257 e. The fraction of sp³-hybridized carbons (Fsp3) is 1.00. The summed E-state index contributed by atoms with van der Waals surface area (Å²) in [5.41, 5.74) is 42.6. The molecule has 0 radical (unpaired) electrons. The zero-order valence-corrected chi connectivity index (χ0v) is 11.7. The molecule has 0 rings (SSSR count). The van der Waals surface area contributed by atoms with Gasteiger partial charge < -0.3 is 0 Å². The lowest BCUT2D eigenvalue weighted by molar-refractivity contribution is 0.198. The van der Waals surface area contributed by atoms with E-state index in [4.69, 9.17) is 5.84 Å². The minimum atomic E-state index is 0.303. The van der Waals surface area contributed by atoms with E-state index >= 15 is 0 Å². The molecule has 0 aliphatic carbocycles. The molecule has 0 aromatic rings. The van der Waals surface area contributed by atoms with E-state index in [1.807, 2.05) is 13.8 Å². The van der Waals surface area contributed by atoms with Gasteiger partial charge in [0.2, 0.25) is 0 Å². The Kier molecular flexibility index (Phi) is 16.7. The summed E-state index contributed by atoms with van der Waals surface area (Å²) in [6.07, 6.45) is 0. The fourth-order valence-electron chi connectivity index (χ4n) is 0.623. The quantitative estimate of drug-likeness (QED) is 0.0678. The number of hydrazine groups is 17. The molecule has 0 atom stereocenters. The van der Waals surface area contributed by atoms with Crippen LogP contribution in [0.25, 0.3) is 0 Å². The Hall–Kier alpha value is -0.720. The van der Waals surface area contributed by atoms with Crippen LogP contribution in [0.15, 0.2) is 0 Å². The summed E-state index contributed by atoms with van der Waals surface area (Å²) >= 11 is 0. The number of rotatable bonds is 17. The highest BCUT2D eigenvalue weighted by Gasteiger charge is 1.87. The van der Waals surface area contributed by atoms with Crippen LogP contribution in [0.4, 0.5) is 0 Å². The van der Waals surface area contributed by atoms with Gasteiger partial charge in [-0.3, -0.25) is 5.84 Å². The van der Waals surface area contributed by atoms with Crippen LogP contribution in [0.1, 0.15) is 13.8 Å². The van der Waals surface area contributed by atoms with Gasteiger partial charge in [-0.2, -0.15) is 88.6 Å². The Labute approximate surface area is 121 Å². The van der Waals surface area contributed by atoms with E-state index in [0.29, 0.717) is 6.04 Å². The van der Waals surface area contributed by atoms with Gasteiger partial charge >= 0.3 is 0 Å². The van der Waals surface area contributed by atoms with Gasteiger partial charge in [-0.15, -0.1) is 0 Å². The smallest absolute Gasteiger partial charge is 0.0170 e. The molecule has 0 aromatic carbocycles. The second kappa shape index (κ2) is 17.3. The van der Waals surface area contributed by atoms with Crippen LogP contribution < -0.4 is 99.8 Å². The van der Waals surface area contributed by atoms with E-state index in [1.54, 1.807) is 0 Å². The Morgan fingerprint density at radius 2 is 0.762 bits per heavy atom. The number of nitrogens with two attached hydrogens (primary N) is 1. The lowest BCUT2D eigenvalue weighted by Gasteiger charge is -2.15. The van der Waals surface area contributed by atoms with E-state index in [0.717, 1.165) is 0 Å². The van der Waals surface area contributed by atoms with E-state index in [9.17, 15) is 0 Å². The minimum Gasteiger partial charge on any atom is -0.257 e. The van der Waals surface area contributed by atoms with Crippen LogP contribution in [0, 0.1) is 0 Å². The summed E-state index contributed by atoms with van der Waals surface area (Å²) in [5, 5.41) is 0. The average Bonchev–Trinajstić information content (AvgIpc) is 2.46. The summed E-state index contributed by atoms with van der Waals surface area (Å²) in [6.45, 7) is 3.98. The molecule has 0 saturated heterocycles. The van der Waals surface area contributed by atoms with Gasteiger partial charge in [0.15, 0.2) is 0 Å². The van der Waals surface area contributed by atoms with Gasteiger partial charge in [0.25, 0.3) is 0 Å². The van der Waals surface area contributed by atoms with Crippen molar-refractivity contribution < 1.29 is 0 Å². The molecule has 0 aromatic heterocycles. The second-order valence-corrected chi connectivity index (χ2v) is 3.32. The van der Waals surface area contributed by atoms with Crippen LogP contribution in [0.2, 0.25) is 0 Å². The third-order valence-electron chi connectivity index (χ3n) is 1.31. The average molecular weight is 314 g/mol. The fourth-order valence-corrected chi connectivity index (χ4v) is 0.623. The predicted molar refractivity (Wildman–Crippen MR) is 72.6 cm³/mol. The highest BCUT2D eigenvalue weighted by molar-refractivity contribution is 4.41. The molecule has 21 heavy (non-hydrogen) atoms. The summed E-state index contributed by atoms with van der Waals surface area (Å²) in [4.78, 5) is 0. The van der Waals surface area contributed by atoms with Crippen molar-refractivity contribution in [1.29, 1.82) is 0 Å². The van der Waals surface area contributed by atoms with Crippen molar-refractivity contribution in [3.8, 4) is 0 Å². The van der Waals surface area contributed by atoms with Gasteiger partial charge in [-0.25, -0.2) is 5.43 Å². The zero-order chi connectivity index (χ0) is 15.6. The lowest BCUT2D eigenvalue weighted by atomic mass is 10.4. The van der Waals surface area contributed by atoms with Crippen LogP contribution in [0.3, 0.4) is 0 Å². The molecule has 18 heteroatoms. The Balaban J connectivity index is 2.93. The van der Waals surface area contributed by atoms with Gasteiger partial charge in [0.05, 0.1) is 0 Å². The van der Waals surface area contributed by atoms with Crippen LogP contribution >= 0.6 is 0 Å². The standard InChI is InChI=1S/C3H26N18/c1-3(2)5-7-9-11-13-15-17-19-21-20-18-16-14-12-10-8-6-4/h3,5-21H,4H2,1-2H3. The molecule has 0 unspecified atom stereocenters. The maximum atomic E-state index is 4.90. The topological polar surface area (TPSA) is 231 Å². The molecule has 0 amide bonds. The minimum absolute atomic E-state index is 0.303. The monoisotopic (exact) mass is 314 g/mol. The molecule has 0 spiro atoms. The molecule has 128 valence electrons. The normalized spacial score (nSPS) is 11.4. The Bertz CT molecular complexity index is 183. The molecule has 0 fully saturated rings. The third kappa shape index (κ3) is 19.3. The molecule has 0 saturated carbocycles. The van der Waals surface area contributed by atoms with E-state index < -0.39 is 0 Å². The van der Waals surface area contributed by atoms with Crippen LogP contribution in [-0.4, -0.2) is 6.04 Å². The zero-order valence-electron chi connectivity index (χ0n) is 11.7. The van der Waals surface area contributed by atoms with Crippen molar-refractivity contribution >= 4 is 0 Å². The summed E-state index contributed by atoms with van der Waals surface area (Å²) in [6, 6.07) is 0.303. The SMILES string of the molecule is CC(C)NNNNNNNNNNNNNNNNNN. The first-order chi connectivity index (χ1) is 10.3. The Morgan fingerprint density at radius 1 is 0.476 bits per heavy atom. The van der Waals surface area contributed by atoms with E-state index in [2.05, 4.69) is 94.0 Å². The van der Waals surface area contributed by atoms with Crippen molar-refractivity contribution in [3.63, 3.8) is 0 Å². The summed E-state index contributed by atoms with van der Waals surface area (Å²) < 4.78 is 0. The number of hydrogen-bond donors (Lipinski definition) is 18. The van der Waals surface area contributed by atoms with Crippen molar-refractivity contribution in [2.45, 2.75) is 19.9 Å². The van der Waals surface area contributed by atoms with Crippen LogP contribution in [-0.2, 0) is 0 Å². The molecule has 18 nitrogen and oxygen atoms in total. The van der Waals surface area contributed by atoms with Crippen molar-refractivity contribution in [1.82, 2.24) is 94.0 Å². The van der Waals surface area contributed by atoms with E-state index in [-0.39, 0.29) is 0 Å². The molecule has 0 heterocycles. The summed E-state index contributed by atoms with van der Waals surface area (Å²) in [7, 11) is 0. The van der Waals surface area contributed by atoms with Gasteiger partial charge in [-0.1, -0.05) is 0 Å². The number of hydrogen-bond acceptors (Lipinski definition) is 18. The van der Waals surface area contributed by atoms with Crippen molar-refractivity contribution in [3.05, 3.63) is 0 Å². The van der Waals surface area contributed by atoms with Crippen molar-refractivity contribution in [2.75, 3.05) is 0 Å². The molecule has 0 aliphatic rings. The van der Waals surface area contributed by atoms with Crippen LogP contribution in [0.5, 0.6) is 0 Å². The highest BCUT2D eigenvalue weighted by Crippen LogP contribution is 1.66. The molecule has 0 aliphatic heterocycles. The predicted octanol–water partition coefficient (Wildman–Crippen LogP) is -8.07. The second-order valence-electron chi connectivity index (χ2n) is 3.32. The van der Waals surface area contributed by atoms with E-state index in [1.165, 1.54) is 0 Å². The first kappa shape index (κ1) is 20.3.